The van der Waals surface area contributed by atoms with Gasteiger partial charge in [-0.25, -0.2) is 4.39 Å². The molecule has 0 fully saturated rings. The fraction of sp³-hybridized carbons (Fsp3) is 0.250. The molecular weight excluding hydrogens is 287 g/mol. The van der Waals surface area contributed by atoms with Gasteiger partial charge in [-0.3, -0.25) is 0 Å². The van der Waals surface area contributed by atoms with E-state index in [1.807, 2.05) is 13.8 Å². The number of aromatic nitrogens is 1. The van der Waals surface area contributed by atoms with Gasteiger partial charge in [-0.05, 0) is 32.0 Å². The van der Waals surface area contributed by atoms with Crippen molar-refractivity contribution in [1.29, 1.82) is 0 Å². The minimum absolute atomic E-state index is 0.278. The number of aryl methyl sites for hydroxylation is 2. The maximum atomic E-state index is 13.5. The zero-order valence-corrected chi connectivity index (χ0v) is 11.1. The molecule has 1 heterocycles. The van der Waals surface area contributed by atoms with Gasteiger partial charge in [0.1, 0.15) is 11.6 Å². The number of nitrogens with one attached hydrogen (secondary N) is 1. The van der Waals surface area contributed by atoms with Crippen molar-refractivity contribution in [3.8, 4) is 0 Å². The molecular formula is C12H12BrFN2O. The predicted octanol–water partition coefficient (Wildman–Crippen LogP) is 3.81. The van der Waals surface area contributed by atoms with Crippen molar-refractivity contribution in [3.63, 3.8) is 0 Å². The van der Waals surface area contributed by atoms with Crippen molar-refractivity contribution in [2.75, 3.05) is 5.32 Å². The molecule has 0 spiro atoms. The van der Waals surface area contributed by atoms with Gasteiger partial charge in [-0.1, -0.05) is 21.1 Å². The summed E-state index contributed by atoms with van der Waals surface area (Å²) < 4.78 is 19.4. The lowest BCUT2D eigenvalue weighted by Gasteiger charge is -2.07. The Balaban J connectivity index is 2.15. The van der Waals surface area contributed by atoms with E-state index in [9.17, 15) is 4.39 Å². The molecule has 90 valence electrons. The van der Waals surface area contributed by atoms with E-state index >= 15 is 0 Å². The summed E-state index contributed by atoms with van der Waals surface area (Å²) in [7, 11) is 0. The van der Waals surface area contributed by atoms with Crippen LogP contribution >= 0.6 is 15.9 Å². The molecule has 2 rings (SSSR count). The molecule has 0 saturated carbocycles. The van der Waals surface area contributed by atoms with Gasteiger partial charge in [0.15, 0.2) is 0 Å². The summed E-state index contributed by atoms with van der Waals surface area (Å²) in [4.78, 5) is 0. The standard InChI is InChI=1S/C12H12BrFN2O/c1-7-10(8(2)17-16-7)6-15-12-5-9(13)3-4-11(12)14/h3-5,15H,6H2,1-2H3. The van der Waals surface area contributed by atoms with Crippen LogP contribution < -0.4 is 5.32 Å². The molecule has 1 aromatic carbocycles. The number of nitrogens with zero attached hydrogens (tertiary/aromatic N) is 1. The van der Waals surface area contributed by atoms with Crippen molar-refractivity contribution in [1.82, 2.24) is 5.16 Å². The van der Waals surface area contributed by atoms with Gasteiger partial charge in [0.05, 0.1) is 11.4 Å². The average molecular weight is 299 g/mol. The second-order valence-electron chi connectivity index (χ2n) is 3.78. The van der Waals surface area contributed by atoms with Gasteiger partial charge in [0.25, 0.3) is 0 Å². The van der Waals surface area contributed by atoms with E-state index in [-0.39, 0.29) is 5.82 Å². The third-order valence-electron chi connectivity index (χ3n) is 2.57. The summed E-state index contributed by atoms with van der Waals surface area (Å²) in [5, 5.41) is 6.88. The van der Waals surface area contributed by atoms with Gasteiger partial charge in [0.2, 0.25) is 0 Å². The Morgan fingerprint density at radius 1 is 1.41 bits per heavy atom. The first-order valence-electron chi connectivity index (χ1n) is 5.18. The van der Waals surface area contributed by atoms with Crippen LogP contribution in [-0.2, 0) is 6.54 Å². The fourth-order valence-corrected chi connectivity index (χ4v) is 1.93. The molecule has 0 aliphatic heterocycles. The molecule has 5 heteroatoms. The molecule has 0 bridgehead atoms. The van der Waals surface area contributed by atoms with E-state index in [0.29, 0.717) is 12.2 Å². The highest BCUT2D eigenvalue weighted by Gasteiger charge is 2.09. The number of anilines is 1. The highest BCUT2D eigenvalue weighted by molar-refractivity contribution is 9.10. The molecule has 0 amide bonds. The highest BCUT2D eigenvalue weighted by Crippen LogP contribution is 2.21. The molecule has 0 radical (unpaired) electrons. The van der Waals surface area contributed by atoms with Gasteiger partial charge in [0, 0.05) is 16.6 Å². The van der Waals surface area contributed by atoms with E-state index in [4.69, 9.17) is 4.52 Å². The van der Waals surface area contributed by atoms with Crippen molar-refractivity contribution < 1.29 is 8.91 Å². The first-order chi connectivity index (χ1) is 8.08. The topological polar surface area (TPSA) is 38.1 Å². The van der Waals surface area contributed by atoms with Gasteiger partial charge >= 0.3 is 0 Å². The molecule has 1 N–H and O–H groups in total. The largest absolute Gasteiger partial charge is 0.378 e. The summed E-state index contributed by atoms with van der Waals surface area (Å²) in [5.74, 6) is 0.477. The van der Waals surface area contributed by atoms with Crippen molar-refractivity contribution >= 4 is 21.6 Å². The second kappa shape index (κ2) is 4.87. The van der Waals surface area contributed by atoms with Crippen molar-refractivity contribution in [2.24, 2.45) is 0 Å². The van der Waals surface area contributed by atoms with Crippen LogP contribution in [0.5, 0.6) is 0 Å². The third-order valence-corrected chi connectivity index (χ3v) is 3.06. The number of rotatable bonds is 3. The van der Waals surface area contributed by atoms with Crippen LogP contribution in [0.4, 0.5) is 10.1 Å². The summed E-state index contributed by atoms with van der Waals surface area (Å²) >= 11 is 3.31. The van der Waals surface area contributed by atoms with Crippen LogP contribution in [-0.4, -0.2) is 5.16 Å². The van der Waals surface area contributed by atoms with E-state index in [1.54, 1.807) is 12.1 Å². The minimum Gasteiger partial charge on any atom is -0.378 e. The zero-order chi connectivity index (χ0) is 12.4. The Kier molecular flexibility index (Phi) is 3.47. The SMILES string of the molecule is Cc1noc(C)c1CNc1cc(Br)ccc1F. The maximum absolute atomic E-state index is 13.5. The fourth-order valence-electron chi connectivity index (χ4n) is 1.57. The van der Waals surface area contributed by atoms with Crippen LogP contribution in [0.15, 0.2) is 27.2 Å². The molecule has 0 unspecified atom stereocenters. The molecule has 2 aromatic rings. The second-order valence-corrected chi connectivity index (χ2v) is 4.70. The van der Waals surface area contributed by atoms with Crippen molar-refractivity contribution in [3.05, 3.63) is 45.5 Å². The maximum Gasteiger partial charge on any atom is 0.146 e. The van der Waals surface area contributed by atoms with Gasteiger partial charge in [-0.2, -0.15) is 0 Å². The Morgan fingerprint density at radius 3 is 2.82 bits per heavy atom. The predicted molar refractivity (Wildman–Crippen MR) is 67.4 cm³/mol. The normalized spacial score (nSPS) is 10.6. The lowest BCUT2D eigenvalue weighted by atomic mass is 10.2. The van der Waals surface area contributed by atoms with Crippen LogP contribution in [0.25, 0.3) is 0 Å². The number of benzene rings is 1. The summed E-state index contributed by atoms with van der Waals surface area (Å²) in [6, 6.07) is 4.78. The van der Waals surface area contributed by atoms with E-state index in [0.717, 1.165) is 21.5 Å². The Hall–Kier alpha value is -1.36. The van der Waals surface area contributed by atoms with E-state index < -0.39 is 0 Å². The summed E-state index contributed by atoms with van der Waals surface area (Å²) in [6.07, 6.45) is 0. The first-order valence-corrected chi connectivity index (χ1v) is 5.98. The molecule has 1 aromatic heterocycles. The smallest absolute Gasteiger partial charge is 0.146 e. The quantitative estimate of drug-likeness (QED) is 0.936. The zero-order valence-electron chi connectivity index (χ0n) is 9.55. The highest BCUT2D eigenvalue weighted by atomic mass is 79.9. The van der Waals surface area contributed by atoms with Crippen molar-refractivity contribution in [2.45, 2.75) is 20.4 Å². The average Bonchev–Trinajstić information content (AvgIpc) is 2.61. The van der Waals surface area contributed by atoms with Crippen LogP contribution in [0, 0.1) is 19.7 Å². The van der Waals surface area contributed by atoms with Crippen LogP contribution in [0.1, 0.15) is 17.0 Å². The Bertz CT molecular complexity index is 520. The van der Waals surface area contributed by atoms with Gasteiger partial charge < -0.3 is 9.84 Å². The Labute approximate surface area is 107 Å². The number of hydrogen-bond acceptors (Lipinski definition) is 3. The van der Waals surface area contributed by atoms with Gasteiger partial charge in [-0.15, -0.1) is 0 Å². The van der Waals surface area contributed by atoms with E-state index in [2.05, 4.69) is 26.4 Å². The number of halogens is 2. The molecule has 17 heavy (non-hydrogen) atoms. The van der Waals surface area contributed by atoms with E-state index in [1.165, 1.54) is 6.07 Å². The third kappa shape index (κ3) is 2.66. The first kappa shape index (κ1) is 12.1. The van der Waals surface area contributed by atoms with Crippen LogP contribution in [0.2, 0.25) is 0 Å². The molecule has 0 saturated heterocycles. The Morgan fingerprint density at radius 2 is 2.18 bits per heavy atom. The lowest BCUT2D eigenvalue weighted by molar-refractivity contribution is 0.392. The minimum atomic E-state index is -0.278. The summed E-state index contributed by atoms with van der Waals surface area (Å²) in [6.45, 7) is 4.20. The molecule has 0 aliphatic rings. The lowest BCUT2D eigenvalue weighted by Crippen LogP contribution is -2.03. The van der Waals surface area contributed by atoms with Crippen LogP contribution in [0.3, 0.4) is 0 Å². The monoisotopic (exact) mass is 298 g/mol. The summed E-state index contributed by atoms with van der Waals surface area (Å²) in [5.41, 5.74) is 2.24. The molecule has 0 atom stereocenters. The number of hydrogen-bond donors (Lipinski definition) is 1. The molecule has 0 aliphatic carbocycles. The molecule has 3 nitrogen and oxygen atoms in total.